The number of hydrogen-bond donors (Lipinski definition) is 2. The number of pyridine rings is 1. The van der Waals surface area contributed by atoms with Crippen LogP contribution in [0.15, 0.2) is 48.7 Å². The van der Waals surface area contributed by atoms with E-state index in [0.29, 0.717) is 24.7 Å². The molecule has 1 aromatic carbocycles. The molecule has 2 aromatic heterocycles. The van der Waals surface area contributed by atoms with Crippen molar-refractivity contribution < 1.29 is 14.3 Å². The van der Waals surface area contributed by atoms with Crippen molar-refractivity contribution in [3.8, 4) is 17.0 Å². The monoisotopic (exact) mass is 417 g/mol. The molecule has 28 heavy (non-hydrogen) atoms. The fraction of sp³-hybridized carbons (Fsp3) is 0.200. The molecule has 0 saturated heterocycles. The number of carbonyl (C=O) groups is 1. The normalized spacial score (nSPS) is 10.4. The average Bonchev–Trinajstić information content (AvgIpc) is 3.12. The molecule has 0 aliphatic rings. The van der Waals surface area contributed by atoms with Crippen LogP contribution in [0.1, 0.15) is 11.8 Å². The van der Waals surface area contributed by atoms with Gasteiger partial charge in [0.25, 0.3) is 0 Å². The highest BCUT2D eigenvalue weighted by Gasteiger charge is 2.11. The first-order chi connectivity index (χ1) is 13.6. The van der Waals surface area contributed by atoms with Crippen molar-refractivity contribution in [2.24, 2.45) is 0 Å². The number of anilines is 2. The van der Waals surface area contributed by atoms with Crippen LogP contribution >= 0.6 is 22.9 Å². The lowest BCUT2D eigenvalue weighted by molar-refractivity contribution is 0.168. The average molecular weight is 418 g/mol. The molecule has 0 aliphatic heterocycles. The number of halogens is 1. The van der Waals surface area contributed by atoms with E-state index in [1.807, 2.05) is 36.4 Å². The smallest absolute Gasteiger partial charge is 0.411 e. The number of amides is 1. The maximum Gasteiger partial charge on any atom is 0.411 e. The molecule has 0 saturated carbocycles. The summed E-state index contributed by atoms with van der Waals surface area (Å²) in [5.41, 5.74) is 3.20. The van der Waals surface area contributed by atoms with E-state index in [9.17, 15) is 4.79 Å². The maximum atomic E-state index is 11.9. The third-order valence-electron chi connectivity index (χ3n) is 3.88. The highest BCUT2D eigenvalue weighted by Crippen LogP contribution is 2.32. The van der Waals surface area contributed by atoms with Crippen molar-refractivity contribution in [3.63, 3.8) is 0 Å². The summed E-state index contributed by atoms with van der Waals surface area (Å²) in [6.45, 7) is 2.72. The van der Waals surface area contributed by atoms with Gasteiger partial charge in [-0.3, -0.25) is 5.32 Å². The summed E-state index contributed by atoms with van der Waals surface area (Å²) >= 11 is 7.52. The number of thiophene rings is 1. The van der Waals surface area contributed by atoms with E-state index >= 15 is 0 Å². The SMILES string of the molecule is CCOC(=O)Nc1ccc(NCc2ccc(Cl)s2)cc1-c1ccc(OC)nc1. The summed E-state index contributed by atoms with van der Waals surface area (Å²) in [4.78, 5) is 17.3. The summed E-state index contributed by atoms with van der Waals surface area (Å²) in [7, 11) is 1.57. The van der Waals surface area contributed by atoms with Crippen molar-refractivity contribution in [3.05, 3.63) is 57.9 Å². The van der Waals surface area contributed by atoms with Gasteiger partial charge >= 0.3 is 6.09 Å². The van der Waals surface area contributed by atoms with Crippen LogP contribution in [0.2, 0.25) is 4.34 Å². The van der Waals surface area contributed by atoms with Crippen molar-refractivity contribution in [1.29, 1.82) is 0 Å². The number of rotatable bonds is 7. The molecule has 8 heteroatoms. The van der Waals surface area contributed by atoms with Gasteiger partial charge in [0.1, 0.15) is 0 Å². The summed E-state index contributed by atoms with van der Waals surface area (Å²) < 4.78 is 10.9. The number of nitrogens with one attached hydrogen (secondary N) is 2. The van der Waals surface area contributed by atoms with Gasteiger partial charge in [-0.1, -0.05) is 11.6 Å². The first-order valence-corrected chi connectivity index (χ1v) is 9.85. The zero-order valence-electron chi connectivity index (χ0n) is 15.5. The molecule has 0 aliphatic carbocycles. The van der Waals surface area contributed by atoms with Crippen LogP contribution in [-0.2, 0) is 11.3 Å². The standard InChI is InChI=1S/C20H20ClN3O3S/c1-3-27-20(25)24-17-7-5-14(22-12-15-6-8-18(21)28-15)10-16(17)13-4-9-19(26-2)23-11-13/h4-11,22H,3,12H2,1-2H3,(H,24,25). The number of ether oxygens (including phenoxy) is 2. The second kappa shape index (κ2) is 9.43. The number of hydrogen-bond acceptors (Lipinski definition) is 6. The Morgan fingerprint density at radius 2 is 2.07 bits per heavy atom. The Kier molecular flexibility index (Phi) is 6.73. The summed E-state index contributed by atoms with van der Waals surface area (Å²) in [5.74, 6) is 0.521. The van der Waals surface area contributed by atoms with Crippen molar-refractivity contribution in [2.75, 3.05) is 24.4 Å². The second-order valence-electron chi connectivity index (χ2n) is 5.75. The Bertz CT molecular complexity index is 944. The maximum absolute atomic E-state index is 11.9. The van der Waals surface area contributed by atoms with Gasteiger partial charge in [0.05, 0.1) is 23.7 Å². The minimum absolute atomic E-state index is 0.300. The molecule has 0 bridgehead atoms. The highest BCUT2D eigenvalue weighted by molar-refractivity contribution is 7.16. The Balaban J connectivity index is 1.87. The Morgan fingerprint density at radius 1 is 1.21 bits per heavy atom. The lowest BCUT2D eigenvalue weighted by atomic mass is 10.0. The Hall–Kier alpha value is -2.77. The van der Waals surface area contributed by atoms with Crippen molar-refractivity contribution >= 4 is 40.4 Å². The molecule has 1 amide bonds. The van der Waals surface area contributed by atoms with Gasteiger partial charge in [-0.2, -0.15) is 0 Å². The van der Waals surface area contributed by atoms with E-state index in [4.69, 9.17) is 21.1 Å². The van der Waals surface area contributed by atoms with Gasteiger partial charge in [0.2, 0.25) is 5.88 Å². The number of methoxy groups -OCH3 is 1. The third kappa shape index (κ3) is 5.15. The molecule has 3 aromatic rings. The lowest BCUT2D eigenvalue weighted by Crippen LogP contribution is -2.14. The minimum atomic E-state index is -0.501. The number of carbonyl (C=O) groups excluding carboxylic acids is 1. The number of nitrogens with zero attached hydrogens (tertiary/aromatic N) is 1. The molecule has 3 rings (SSSR count). The zero-order valence-corrected chi connectivity index (χ0v) is 17.1. The van der Waals surface area contributed by atoms with E-state index in [1.165, 1.54) is 11.3 Å². The van der Waals surface area contributed by atoms with Crippen molar-refractivity contribution in [1.82, 2.24) is 4.98 Å². The fourth-order valence-electron chi connectivity index (χ4n) is 2.58. The highest BCUT2D eigenvalue weighted by atomic mass is 35.5. The fourth-order valence-corrected chi connectivity index (χ4v) is 3.60. The predicted octanol–water partition coefficient (Wildman–Crippen LogP) is 5.65. The van der Waals surface area contributed by atoms with Crippen LogP contribution in [0.4, 0.5) is 16.2 Å². The Morgan fingerprint density at radius 3 is 2.71 bits per heavy atom. The second-order valence-corrected chi connectivity index (χ2v) is 7.55. The van der Waals surface area contributed by atoms with Gasteiger partial charge in [0, 0.05) is 40.5 Å². The van der Waals surface area contributed by atoms with E-state index in [2.05, 4.69) is 15.6 Å². The van der Waals surface area contributed by atoms with E-state index in [-0.39, 0.29) is 0 Å². The predicted molar refractivity (Wildman–Crippen MR) is 114 cm³/mol. The van der Waals surface area contributed by atoms with Crippen LogP contribution in [0.3, 0.4) is 0 Å². The molecule has 2 heterocycles. The minimum Gasteiger partial charge on any atom is -0.481 e. The first kappa shape index (κ1) is 20.0. The summed E-state index contributed by atoms with van der Waals surface area (Å²) in [6.07, 6.45) is 1.20. The number of aromatic nitrogens is 1. The van der Waals surface area contributed by atoms with Gasteiger partial charge < -0.3 is 14.8 Å². The van der Waals surface area contributed by atoms with Gasteiger partial charge in [0.15, 0.2) is 0 Å². The third-order valence-corrected chi connectivity index (χ3v) is 5.11. The van der Waals surface area contributed by atoms with Gasteiger partial charge in [-0.15, -0.1) is 11.3 Å². The molecular weight excluding hydrogens is 398 g/mol. The zero-order chi connectivity index (χ0) is 19.9. The summed E-state index contributed by atoms with van der Waals surface area (Å²) in [5, 5.41) is 6.15. The van der Waals surface area contributed by atoms with E-state index < -0.39 is 6.09 Å². The largest absolute Gasteiger partial charge is 0.481 e. The molecule has 146 valence electrons. The van der Waals surface area contributed by atoms with Crippen LogP contribution < -0.4 is 15.4 Å². The topological polar surface area (TPSA) is 72.5 Å². The van der Waals surface area contributed by atoms with Crippen LogP contribution in [-0.4, -0.2) is 24.8 Å². The first-order valence-electron chi connectivity index (χ1n) is 8.65. The molecular formula is C20H20ClN3O3S. The number of benzene rings is 1. The molecule has 0 atom stereocenters. The molecule has 0 unspecified atom stereocenters. The Labute approximate surface area is 172 Å². The summed E-state index contributed by atoms with van der Waals surface area (Å²) in [6, 6.07) is 13.2. The van der Waals surface area contributed by atoms with Crippen LogP contribution in [0, 0.1) is 0 Å². The quantitative estimate of drug-likeness (QED) is 0.519. The molecule has 0 fully saturated rings. The van der Waals surface area contributed by atoms with E-state index in [1.54, 1.807) is 26.3 Å². The molecule has 6 nitrogen and oxygen atoms in total. The lowest BCUT2D eigenvalue weighted by Gasteiger charge is -2.14. The van der Waals surface area contributed by atoms with Crippen LogP contribution in [0.5, 0.6) is 5.88 Å². The van der Waals surface area contributed by atoms with Gasteiger partial charge in [-0.05, 0) is 43.3 Å². The van der Waals surface area contributed by atoms with Gasteiger partial charge in [-0.25, -0.2) is 9.78 Å². The van der Waals surface area contributed by atoms with E-state index in [0.717, 1.165) is 26.0 Å². The van der Waals surface area contributed by atoms with Crippen LogP contribution in [0.25, 0.3) is 11.1 Å². The molecule has 2 N–H and O–H groups in total. The van der Waals surface area contributed by atoms with Crippen molar-refractivity contribution in [2.45, 2.75) is 13.5 Å². The molecule has 0 spiro atoms. The molecule has 0 radical (unpaired) electrons.